The second-order valence-electron chi connectivity index (χ2n) is 7.58. The number of aromatic nitrogens is 1. The minimum absolute atomic E-state index is 0.0570. The summed E-state index contributed by atoms with van der Waals surface area (Å²) in [6, 6.07) is 20.0. The second kappa shape index (κ2) is 9.43. The van der Waals surface area contributed by atoms with E-state index in [2.05, 4.69) is 29.2 Å². The molecule has 0 fully saturated rings. The number of rotatable bonds is 8. The van der Waals surface area contributed by atoms with Gasteiger partial charge in [-0.1, -0.05) is 54.6 Å². The fourth-order valence-electron chi connectivity index (χ4n) is 4.10. The summed E-state index contributed by atoms with van der Waals surface area (Å²) in [7, 11) is 0. The molecular formula is C25H24N2O4. The van der Waals surface area contributed by atoms with Gasteiger partial charge in [0.1, 0.15) is 13.2 Å². The molecule has 6 heteroatoms. The van der Waals surface area contributed by atoms with E-state index < -0.39 is 12.1 Å². The number of carboxylic acids is 1. The summed E-state index contributed by atoms with van der Waals surface area (Å²) in [5.74, 6) is -1.12. The molecule has 0 spiro atoms. The van der Waals surface area contributed by atoms with E-state index in [9.17, 15) is 14.7 Å². The lowest BCUT2D eigenvalue weighted by Crippen LogP contribution is -2.37. The number of carbonyl (C=O) groups excluding carboxylic acids is 1. The van der Waals surface area contributed by atoms with Gasteiger partial charge in [-0.25, -0.2) is 4.79 Å². The van der Waals surface area contributed by atoms with Crippen molar-refractivity contribution in [2.45, 2.75) is 18.8 Å². The third-order valence-corrected chi connectivity index (χ3v) is 5.54. The number of fused-ring (bicyclic) bond motifs is 3. The van der Waals surface area contributed by atoms with Crippen molar-refractivity contribution in [3.63, 3.8) is 0 Å². The highest BCUT2D eigenvalue weighted by atomic mass is 16.6. The van der Waals surface area contributed by atoms with E-state index in [1.165, 1.54) is 4.90 Å². The van der Waals surface area contributed by atoms with Gasteiger partial charge >= 0.3 is 12.1 Å². The minimum atomic E-state index is -1.06. The quantitative estimate of drug-likeness (QED) is 0.591. The number of carboxylic acid groups (broad SMARTS) is 1. The molecule has 0 unspecified atom stereocenters. The smallest absolute Gasteiger partial charge is 0.410 e. The Hall–Kier alpha value is -3.67. The van der Waals surface area contributed by atoms with Crippen molar-refractivity contribution < 1.29 is 19.4 Å². The van der Waals surface area contributed by atoms with Crippen LogP contribution in [0.5, 0.6) is 0 Å². The molecule has 1 aromatic heterocycles. The van der Waals surface area contributed by atoms with Gasteiger partial charge in [0.05, 0.1) is 0 Å². The van der Waals surface area contributed by atoms with Gasteiger partial charge in [0, 0.05) is 24.9 Å². The van der Waals surface area contributed by atoms with Gasteiger partial charge in [0.15, 0.2) is 0 Å². The van der Waals surface area contributed by atoms with Crippen LogP contribution in [-0.4, -0.2) is 46.7 Å². The largest absolute Gasteiger partial charge is 0.480 e. The number of amides is 1. The fraction of sp³-hybridized carbons (Fsp3) is 0.240. The van der Waals surface area contributed by atoms with Crippen molar-refractivity contribution in [2.24, 2.45) is 0 Å². The van der Waals surface area contributed by atoms with Crippen LogP contribution in [0.25, 0.3) is 11.1 Å². The first-order valence-electron chi connectivity index (χ1n) is 10.3. The van der Waals surface area contributed by atoms with Gasteiger partial charge < -0.3 is 9.84 Å². The molecular weight excluding hydrogens is 392 g/mol. The SMILES string of the molecule is O=C(O)CN(CCCc1cccnc1)C(=O)OCC1c2ccccc2-c2ccccc21. The van der Waals surface area contributed by atoms with E-state index in [1.54, 1.807) is 12.4 Å². The number of aliphatic carboxylic acids is 1. The van der Waals surface area contributed by atoms with Crippen LogP contribution in [-0.2, 0) is 16.0 Å². The van der Waals surface area contributed by atoms with Crippen LogP contribution in [0.15, 0.2) is 73.1 Å². The number of aryl methyl sites for hydroxylation is 1. The average Bonchev–Trinajstić information content (AvgIpc) is 3.11. The number of nitrogens with zero attached hydrogens (tertiary/aromatic N) is 2. The minimum Gasteiger partial charge on any atom is -0.480 e. The number of hydrogen-bond donors (Lipinski definition) is 1. The summed E-state index contributed by atoms with van der Waals surface area (Å²) in [5.41, 5.74) is 5.59. The topological polar surface area (TPSA) is 79.7 Å². The standard InChI is InChI=1S/C25H24N2O4/c28-24(29)16-27(14-6-8-18-7-5-13-26-15-18)25(30)31-17-23-21-11-3-1-9-19(21)20-10-2-4-12-22(20)23/h1-5,7,9-13,15,23H,6,8,14,16-17H2,(H,28,29). The van der Waals surface area contributed by atoms with Crippen molar-refractivity contribution in [3.05, 3.63) is 89.7 Å². The van der Waals surface area contributed by atoms with E-state index >= 15 is 0 Å². The Kier molecular flexibility index (Phi) is 6.26. The summed E-state index contributed by atoms with van der Waals surface area (Å²) in [6.07, 6.45) is 4.21. The Morgan fingerprint density at radius 3 is 2.26 bits per heavy atom. The Bertz CT molecular complexity index is 1020. The van der Waals surface area contributed by atoms with Crippen molar-refractivity contribution in [3.8, 4) is 11.1 Å². The maximum absolute atomic E-state index is 12.7. The highest BCUT2D eigenvalue weighted by Crippen LogP contribution is 2.44. The Morgan fingerprint density at radius 1 is 0.968 bits per heavy atom. The maximum Gasteiger partial charge on any atom is 0.410 e. The number of carbonyl (C=O) groups is 2. The third kappa shape index (κ3) is 4.74. The third-order valence-electron chi connectivity index (χ3n) is 5.54. The van der Waals surface area contributed by atoms with Crippen molar-refractivity contribution in [1.82, 2.24) is 9.88 Å². The average molecular weight is 416 g/mol. The van der Waals surface area contributed by atoms with E-state index in [0.717, 1.165) is 27.8 Å². The highest BCUT2D eigenvalue weighted by Gasteiger charge is 2.29. The van der Waals surface area contributed by atoms with Crippen molar-refractivity contribution in [2.75, 3.05) is 19.7 Å². The number of ether oxygens (including phenoxy) is 1. The summed E-state index contributed by atoms with van der Waals surface area (Å²) in [6.45, 7) is 0.0904. The van der Waals surface area contributed by atoms with Crippen LogP contribution in [0.4, 0.5) is 4.79 Å². The predicted octanol–water partition coefficient (Wildman–Crippen LogP) is 4.35. The van der Waals surface area contributed by atoms with Gasteiger partial charge in [-0.3, -0.25) is 14.7 Å². The molecule has 1 heterocycles. The summed E-state index contributed by atoms with van der Waals surface area (Å²) < 4.78 is 5.62. The first-order valence-corrected chi connectivity index (χ1v) is 10.3. The molecule has 1 N–H and O–H groups in total. The molecule has 0 radical (unpaired) electrons. The number of pyridine rings is 1. The molecule has 3 aromatic rings. The first-order chi connectivity index (χ1) is 15.1. The molecule has 0 saturated carbocycles. The molecule has 0 bridgehead atoms. The molecule has 1 aliphatic rings. The molecule has 4 rings (SSSR count). The van der Waals surface area contributed by atoms with Gasteiger partial charge in [0.2, 0.25) is 0 Å². The molecule has 2 aromatic carbocycles. The molecule has 0 atom stereocenters. The van der Waals surface area contributed by atoms with Crippen LogP contribution in [0, 0.1) is 0 Å². The molecule has 0 saturated heterocycles. The Balaban J connectivity index is 1.41. The van der Waals surface area contributed by atoms with Crippen LogP contribution >= 0.6 is 0 Å². The molecule has 31 heavy (non-hydrogen) atoms. The lowest BCUT2D eigenvalue weighted by atomic mass is 9.98. The Labute approximate surface area is 181 Å². The van der Waals surface area contributed by atoms with Crippen molar-refractivity contribution >= 4 is 12.1 Å². The predicted molar refractivity (Wildman–Crippen MR) is 117 cm³/mol. The molecule has 0 aliphatic heterocycles. The summed E-state index contributed by atoms with van der Waals surface area (Å²) in [5, 5.41) is 9.23. The molecule has 158 valence electrons. The molecule has 1 aliphatic carbocycles. The van der Waals surface area contributed by atoms with E-state index in [0.29, 0.717) is 19.4 Å². The highest BCUT2D eigenvalue weighted by molar-refractivity contribution is 5.79. The van der Waals surface area contributed by atoms with E-state index in [1.807, 2.05) is 36.4 Å². The lowest BCUT2D eigenvalue weighted by Gasteiger charge is -2.22. The van der Waals surface area contributed by atoms with Crippen LogP contribution in [0.1, 0.15) is 29.0 Å². The maximum atomic E-state index is 12.7. The van der Waals surface area contributed by atoms with Crippen LogP contribution in [0.3, 0.4) is 0 Å². The fourth-order valence-corrected chi connectivity index (χ4v) is 4.10. The number of benzene rings is 2. The zero-order valence-corrected chi connectivity index (χ0v) is 17.1. The monoisotopic (exact) mass is 416 g/mol. The van der Waals surface area contributed by atoms with Crippen LogP contribution < -0.4 is 0 Å². The first kappa shape index (κ1) is 20.6. The van der Waals surface area contributed by atoms with Crippen molar-refractivity contribution in [1.29, 1.82) is 0 Å². The van der Waals surface area contributed by atoms with Gasteiger partial charge in [-0.05, 0) is 46.7 Å². The normalized spacial score (nSPS) is 12.1. The summed E-state index contributed by atoms with van der Waals surface area (Å²) >= 11 is 0. The van der Waals surface area contributed by atoms with Gasteiger partial charge in [0.25, 0.3) is 0 Å². The second-order valence-corrected chi connectivity index (χ2v) is 7.58. The van der Waals surface area contributed by atoms with Crippen LogP contribution in [0.2, 0.25) is 0 Å². The zero-order chi connectivity index (χ0) is 21.6. The molecule has 1 amide bonds. The van der Waals surface area contributed by atoms with Gasteiger partial charge in [-0.2, -0.15) is 0 Å². The Morgan fingerprint density at radius 2 is 1.65 bits per heavy atom. The van der Waals surface area contributed by atoms with Gasteiger partial charge in [-0.15, -0.1) is 0 Å². The number of hydrogen-bond acceptors (Lipinski definition) is 4. The molecule has 6 nitrogen and oxygen atoms in total. The lowest BCUT2D eigenvalue weighted by molar-refractivity contribution is -0.138. The summed E-state index contributed by atoms with van der Waals surface area (Å²) in [4.78, 5) is 29.3. The van der Waals surface area contributed by atoms with E-state index in [4.69, 9.17) is 4.74 Å². The van der Waals surface area contributed by atoms with E-state index in [-0.39, 0.29) is 19.1 Å². The zero-order valence-electron chi connectivity index (χ0n) is 17.1.